The Morgan fingerprint density at radius 1 is 1.26 bits per heavy atom. The van der Waals surface area contributed by atoms with Crippen LogP contribution < -0.4 is 0 Å². The first kappa shape index (κ1) is 10.1. The Labute approximate surface area is 106 Å². The number of aromatic amines is 2. The number of nitrogens with zero attached hydrogens (tertiary/aromatic N) is 2. The van der Waals surface area contributed by atoms with Gasteiger partial charge < -0.3 is 10.2 Å². The van der Waals surface area contributed by atoms with E-state index in [1.54, 1.807) is 6.20 Å². The van der Waals surface area contributed by atoms with Gasteiger partial charge in [-0.05, 0) is 6.07 Å². The Balaban J connectivity index is 2.38. The van der Waals surface area contributed by atoms with Crippen LogP contribution in [0.3, 0.4) is 0 Å². The molecule has 0 saturated heterocycles. The minimum atomic E-state index is -0.388. The summed E-state index contributed by atoms with van der Waals surface area (Å²) >= 11 is 0. The van der Waals surface area contributed by atoms with Crippen LogP contribution in [0, 0.1) is 10.1 Å². The molecular formula is C13H8N4O2. The first-order valence-electron chi connectivity index (χ1n) is 5.77. The van der Waals surface area contributed by atoms with Crippen molar-refractivity contribution in [3.8, 4) is 0 Å². The van der Waals surface area contributed by atoms with Crippen molar-refractivity contribution in [3.05, 3.63) is 46.6 Å². The number of nitrogens with one attached hydrogen (secondary N) is 2. The summed E-state index contributed by atoms with van der Waals surface area (Å²) in [5.41, 5.74) is 2.07. The topological polar surface area (TPSA) is 87.6 Å². The second-order valence-corrected chi connectivity index (χ2v) is 4.38. The number of nitro benzene ring substituents is 1. The highest BCUT2D eigenvalue weighted by atomic mass is 16.6. The highest BCUT2D eigenvalue weighted by Gasteiger charge is 2.20. The summed E-state index contributed by atoms with van der Waals surface area (Å²) in [5, 5.41) is 19.6. The maximum absolute atomic E-state index is 11.2. The quantitative estimate of drug-likeness (QED) is 0.403. The van der Waals surface area contributed by atoms with Gasteiger partial charge in [0.1, 0.15) is 0 Å². The van der Waals surface area contributed by atoms with Crippen molar-refractivity contribution in [2.45, 2.75) is 0 Å². The molecule has 0 atom stereocenters. The fourth-order valence-electron chi connectivity index (χ4n) is 2.53. The third-order valence-corrected chi connectivity index (χ3v) is 3.34. The third kappa shape index (κ3) is 1.22. The molecule has 0 radical (unpaired) electrons. The molecule has 19 heavy (non-hydrogen) atoms. The molecule has 0 amide bonds. The largest absolute Gasteiger partial charge is 0.307 e. The number of nitro groups is 1. The normalized spacial score (nSPS) is 11.6. The van der Waals surface area contributed by atoms with Crippen molar-refractivity contribution in [1.82, 2.24) is 15.2 Å². The van der Waals surface area contributed by atoms with Gasteiger partial charge in [-0.1, -0.05) is 18.2 Å². The smallest absolute Gasteiger partial charge is 0.296 e. The molecule has 2 N–H and O–H groups in total. The number of hydrogen-bond acceptors (Lipinski definition) is 3. The van der Waals surface area contributed by atoms with E-state index in [4.69, 9.17) is 0 Å². The number of benzene rings is 2. The van der Waals surface area contributed by atoms with E-state index < -0.39 is 0 Å². The Bertz CT molecular complexity index is 951. The van der Waals surface area contributed by atoms with Crippen LogP contribution in [0.4, 0.5) is 5.69 Å². The highest BCUT2D eigenvalue weighted by molar-refractivity contribution is 6.21. The van der Waals surface area contributed by atoms with Gasteiger partial charge in [0, 0.05) is 28.4 Å². The maximum atomic E-state index is 11.2. The number of para-hydroxylation sites is 1. The number of rotatable bonds is 1. The highest BCUT2D eigenvalue weighted by Crippen LogP contribution is 2.36. The zero-order valence-electron chi connectivity index (χ0n) is 9.68. The molecule has 0 aliphatic heterocycles. The van der Waals surface area contributed by atoms with Crippen molar-refractivity contribution < 1.29 is 4.92 Å². The van der Waals surface area contributed by atoms with Gasteiger partial charge in [0.15, 0.2) is 5.52 Å². The van der Waals surface area contributed by atoms with Crippen LogP contribution in [0.1, 0.15) is 0 Å². The van der Waals surface area contributed by atoms with E-state index in [1.165, 1.54) is 6.07 Å². The van der Waals surface area contributed by atoms with E-state index in [1.807, 2.05) is 24.3 Å². The van der Waals surface area contributed by atoms with Crippen LogP contribution in [0.15, 0.2) is 36.5 Å². The maximum Gasteiger partial charge on any atom is 0.296 e. The van der Waals surface area contributed by atoms with Crippen LogP contribution in [-0.4, -0.2) is 20.1 Å². The molecule has 2 aromatic carbocycles. The summed E-state index contributed by atoms with van der Waals surface area (Å²) < 4.78 is 0. The molecule has 0 saturated carbocycles. The molecule has 2 aromatic heterocycles. The van der Waals surface area contributed by atoms with Gasteiger partial charge in [-0.2, -0.15) is 0 Å². The Hall–Kier alpha value is -2.89. The monoisotopic (exact) mass is 252 g/mol. The number of fused-ring (bicyclic) bond motifs is 5. The lowest BCUT2D eigenvalue weighted by Crippen LogP contribution is -1.89. The summed E-state index contributed by atoms with van der Waals surface area (Å²) in [5.74, 6) is 0. The van der Waals surface area contributed by atoms with Crippen molar-refractivity contribution in [2.24, 2.45) is 0 Å². The minimum Gasteiger partial charge on any atom is -0.307 e. The summed E-state index contributed by atoms with van der Waals surface area (Å²) in [6.45, 7) is 0. The van der Waals surface area contributed by atoms with Gasteiger partial charge in [0.2, 0.25) is 0 Å². The molecule has 2 heterocycles. The van der Waals surface area contributed by atoms with E-state index in [-0.39, 0.29) is 10.6 Å². The van der Waals surface area contributed by atoms with Gasteiger partial charge in [-0.15, -0.1) is 0 Å². The minimum absolute atomic E-state index is 0.0340. The third-order valence-electron chi connectivity index (χ3n) is 3.34. The molecule has 0 unspecified atom stereocenters. The average molecular weight is 252 g/mol. The molecule has 92 valence electrons. The summed E-state index contributed by atoms with van der Waals surface area (Å²) in [6, 6.07) is 9.10. The summed E-state index contributed by atoms with van der Waals surface area (Å²) in [4.78, 5) is 15.2. The van der Waals surface area contributed by atoms with Gasteiger partial charge in [0.25, 0.3) is 5.69 Å². The molecule has 0 aliphatic rings. The van der Waals surface area contributed by atoms with Crippen LogP contribution in [-0.2, 0) is 0 Å². The van der Waals surface area contributed by atoms with E-state index in [9.17, 15) is 10.1 Å². The molecular weight excluding hydrogens is 244 g/mol. The molecule has 0 bridgehead atoms. The first-order valence-corrected chi connectivity index (χ1v) is 5.77. The second kappa shape index (κ2) is 3.32. The lowest BCUT2D eigenvalue weighted by molar-refractivity contribution is -0.383. The van der Waals surface area contributed by atoms with Crippen molar-refractivity contribution in [1.29, 1.82) is 0 Å². The number of hydrogen-bond donors (Lipinski definition) is 2. The lowest BCUT2D eigenvalue weighted by atomic mass is 10.1. The van der Waals surface area contributed by atoms with Gasteiger partial charge >= 0.3 is 0 Å². The lowest BCUT2D eigenvalue weighted by Gasteiger charge is -1.96. The Kier molecular flexibility index (Phi) is 1.76. The predicted octanol–water partition coefficient (Wildman–Crippen LogP) is 3.11. The molecule has 4 rings (SSSR count). The second-order valence-electron chi connectivity index (χ2n) is 4.38. The summed E-state index contributed by atoms with van der Waals surface area (Å²) in [7, 11) is 0. The van der Waals surface area contributed by atoms with Crippen LogP contribution >= 0.6 is 0 Å². The van der Waals surface area contributed by atoms with Crippen molar-refractivity contribution >= 4 is 38.4 Å². The van der Waals surface area contributed by atoms with E-state index in [0.717, 1.165) is 27.2 Å². The van der Waals surface area contributed by atoms with Gasteiger partial charge in [0.05, 0.1) is 16.0 Å². The van der Waals surface area contributed by atoms with E-state index >= 15 is 0 Å². The molecule has 4 aromatic rings. The molecule has 6 heteroatoms. The van der Waals surface area contributed by atoms with Crippen molar-refractivity contribution in [3.63, 3.8) is 0 Å². The molecule has 0 fully saturated rings. The number of H-pyrrole nitrogens is 2. The van der Waals surface area contributed by atoms with Crippen LogP contribution in [0.5, 0.6) is 0 Å². The Morgan fingerprint density at radius 3 is 2.95 bits per heavy atom. The van der Waals surface area contributed by atoms with E-state index in [0.29, 0.717) is 5.52 Å². The van der Waals surface area contributed by atoms with E-state index in [2.05, 4.69) is 15.2 Å². The standard InChI is InChI=1S/C13H8N4O2/c18-17(19)10-5-7-6-14-16-12(7)11-8-3-1-2-4-9(8)15-13(10)11/h1-6,14,16H. The zero-order chi connectivity index (χ0) is 13.0. The first-order chi connectivity index (χ1) is 9.25. The van der Waals surface area contributed by atoms with Crippen molar-refractivity contribution in [2.75, 3.05) is 0 Å². The number of aromatic nitrogens is 3. The van der Waals surface area contributed by atoms with Crippen LogP contribution in [0.2, 0.25) is 0 Å². The average Bonchev–Trinajstić information content (AvgIpc) is 3.00. The molecule has 6 nitrogen and oxygen atoms in total. The van der Waals surface area contributed by atoms with Gasteiger partial charge in [-0.3, -0.25) is 10.1 Å². The summed E-state index contributed by atoms with van der Waals surface area (Å²) in [6.07, 6.45) is 1.71. The molecule has 0 spiro atoms. The fraction of sp³-hybridized carbons (Fsp3) is 0. The predicted molar refractivity (Wildman–Crippen MR) is 72.1 cm³/mol. The van der Waals surface area contributed by atoms with Crippen LogP contribution in [0.25, 0.3) is 32.7 Å². The fourth-order valence-corrected chi connectivity index (χ4v) is 2.53. The number of non-ortho nitro benzene ring substituents is 1. The Morgan fingerprint density at radius 2 is 2.11 bits per heavy atom. The van der Waals surface area contributed by atoms with Gasteiger partial charge in [-0.25, -0.2) is 4.98 Å². The SMILES string of the molecule is O=[N+]([O-])c1cc2c[nH][nH]c2c2c1nc1ccccc12. The molecule has 0 aliphatic carbocycles. The zero-order valence-corrected chi connectivity index (χ0v) is 9.68.